The molecule has 132 valence electrons. The number of carbonyl (C=O) groups excluding carboxylic acids is 2. The lowest BCUT2D eigenvalue weighted by atomic mass is 10.1. The third kappa shape index (κ3) is 2.81. The Morgan fingerprint density at radius 1 is 1.17 bits per heavy atom. The first kappa shape index (κ1) is 18.5. The van der Waals surface area contributed by atoms with Crippen LogP contribution in [0.4, 0.5) is 5.69 Å². The van der Waals surface area contributed by atoms with Crippen molar-refractivity contribution < 1.29 is 18.8 Å². The summed E-state index contributed by atoms with van der Waals surface area (Å²) in [5, 5.41) is 3.05. The van der Waals surface area contributed by atoms with E-state index in [-0.39, 0.29) is 11.4 Å². The highest BCUT2D eigenvalue weighted by molar-refractivity contribution is 6.05. The number of rotatable bonds is 7. The smallest absolute Gasteiger partial charge is 0.339 e. The molecule has 24 heavy (non-hydrogen) atoms. The lowest BCUT2D eigenvalue weighted by molar-refractivity contribution is -0.947. The molecule has 0 saturated heterocycles. The molecule has 0 radical (unpaired) electrons. The summed E-state index contributed by atoms with van der Waals surface area (Å²) in [6.45, 7) is 11.1. The Kier molecular flexibility index (Phi) is 5.33. The molecule has 0 aromatic heterocycles. The number of esters is 1. The maximum atomic E-state index is 13.2. The van der Waals surface area contributed by atoms with Gasteiger partial charge in [-0.15, -0.1) is 0 Å². The second-order valence-electron chi connectivity index (χ2n) is 6.57. The molecule has 0 spiro atoms. The largest absolute Gasteiger partial charge is 0.465 e. The summed E-state index contributed by atoms with van der Waals surface area (Å²) in [6, 6.07) is 5.38. The van der Waals surface area contributed by atoms with Crippen molar-refractivity contribution in [3.05, 3.63) is 29.3 Å². The predicted octanol–water partition coefficient (Wildman–Crippen LogP) is 3.13. The van der Waals surface area contributed by atoms with E-state index in [9.17, 15) is 9.59 Å². The first-order valence-electron chi connectivity index (χ1n) is 8.77. The standard InChI is InChI=1S/C19H28N2O3/c1-6-21(7-2,8-3)19(12-13-19)18(23)20-16-14(4)10-9-11-15(16)17(22)24-5/h9-11H,6-8,12-13H2,1-5H3/p+1. The molecule has 1 aromatic rings. The number of aryl methyl sites for hydroxylation is 1. The zero-order chi connectivity index (χ0) is 18.0. The van der Waals surface area contributed by atoms with Gasteiger partial charge in [0.2, 0.25) is 0 Å². The first-order chi connectivity index (χ1) is 11.4. The Balaban J connectivity index is 2.36. The van der Waals surface area contributed by atoms with Crippen LogP contribution in [-0.4, -0.2) is 48.6 Å². The molecule has 5 heteroatoms. The molecule has 1 fully saturated rings. The lowest BCUT2D eigenvalue weighted by Crippen LogP contribution is -2.61. The van der Waals surface area contributed by atoms with E-state index in [2.05, 4.69) is 26.1 Å². The van der Waals surface area contributed by atoms with Crippen LogP contribution in [0.15, 0.2) is 18.2 Å². The first-order valence-corrected chi connectivity index (χ1v) is 8.77. The number of nitrogens with one attached hydrogen (secondary N) is 1. The Labute approximate surface area is 144 Å². The number of likely N-dealkylation sites (N-methyl/N-ethyl adjacent to an activating group) is 1. The molecule has 1 aliphatic carbocycles. The van der Waals surface area contributed by atoms with E-state index >= 15 is 0 Å². The molecule has 0 aliphatic heterocycles. The predicted molar refractivity (Wildman–Crippen MR) is 95.0 cm³/mol. The average molecular weight is 333 g/mol. The van der Waals surface area contributed by atoms with Crippen LogP contribution in [0.5, 0.6) is 0 Å². The van der Waals surface area contributed by atoms with Crippen LogP contribution in [0.2, 0.25) is 0 Å². The van der Waals surface area contributed by atoms with Gasteiger partial charge >= 0.3 is 5.97 Å². The molecule has 0 bridgehead atoms. The van der Waals surface area contributed by atoms with Crippen molar-refractivity contribution in [2.75, 3.05) is 32.1 Å². The maximum Gasteiger partial charge on any atom is 0.339 e. The third-order valence-corrected chi connectivity index (χ3v) is 5.79. The zero-order valence-corrected chi connectivity index (χ0v) is 15.4. The van der Waals surface area contributed by atoms with Crippen molar-refractivity contribution >= 4 is 17.6 Å². The van der Waals surface area contributed by atoms with Gasteiger partial charge in [0.25, 0.3) is 5.91 Å². The van der Waals surface area contributed by atoms with Gasteiger partial charge in [0, 0.05) is 12.8 Å². The van der Waals surface area contributed by atoms with E-state index in [0.29, 0.717) is 11.3 Å². The monoisotopic (exact) mass is 333 g/mol. The lowest BCUT2D eigenvalue weighted by Gasteiger charge is -2.43. The number of carbonyl (C=O) groups is 2. The Hall–Kier alpha value is -1.88. The molecule has 5 nitrogen and oxygen atoms in total. The van der Waals surface area contributed by atoms with Gasteiger partial charge in [0.05, 0.1) is 38.0 Å². The SMILES string of the molecule is CC[N+](CC)(CC)C1(C(=O)Nc2c(C)cccc2C(=O)OC)CC1. The fourth-order valence-corrected chi connectivity index (χ4v) is 3.96. The van der Waals surface area contributed by atoms with Crippen molar-refractivity contribution in [3.63, 3.8) is 0 Å². The quantitative estimate of drug-likeness (QED) is 0.616. The Morgan fingerprint density at radius 2 is 1.75 bits per heavy atom. The third-order valence-electron chi connectivity index (χ3n) is 5.79. The van der Waals surface area contributed by atoms with Gasteiger partial charge < -0.3 is 14.5 Å². The molecular formula is C19H29N2O3+. The van der Waals surface area contributed by atoms with Crippen LogP contribution in [0.3, 0.4) is 0 Å². The number of benzene rings is 1. The summed E-state index contributed by atoms with van der Waals surface area (Å²) >= 11 is 0. The number of quaternary nitrogens is 1. The van der Waals surface area contributed by atoms with Crippen molar-refractivity contribution in [2.45, 2.75) is 46.1 Å². The van der Waals surface area contributed by atoms with Crippen molar-refractivity contribution in [2.24, 2.45) is 0 Å². The molecular weight excluding hydrogens is 304 g/mol. The van der Waals surface area contributed by atoms with Gasteiger partial charge in [-0.2, -0.15) is 0 Å². The summed E-state index contributed by atoms with van der Waals surface area (Å²) in [4.78, 5) is 25.2. The van der Waals surface area contributed by atoms with Crippen LogP contribution in [0.1, 0.15) is 49.5 Å². The van der Waals surface area contributed by atoms with Crippen LogP contribution >= 0.6 is 0 Å². The van der Waals surface area contributed by atoms with Crippen LogP contribution < -0.4 is 5.32 Å². The highest BCUT2D eigenvalue weighted by Crippen LogP contribution is 2.48. The van der Waals surface area contributed by atoms with Crippen LogP contribution in [0, 0.1) is 6.92 Å². The molecule has 0 heterocycles. The second kappa shape index (κ2) is 6.93. The van der Waals surface area contributed by atoms with Gasteiger partial charge in [0.1, 0.15) is 0 Å². The summed E-state index contributed by atoms with van der Waals surface area (Å²) < 4.78 is 5.64. The fourth-order valence-electron chi connectivity index (χ4n) is 3.96. The van der Waals surface area contributed by atoms with E-state index in [1.54, 1.807) is 12.1 Å². The second-order valence-corrected chi connectivity index (χ2v) is 6.57. The summed E-state index contributed by atoms with van der Waals surface area (Å²) in [5.74, 6) is -0.409. The van der Waals surface area contributed by atoms with Crippen molar-refractivity contribution in [1.82, 2.24) is 0 Å². The van der Waals surface area contributed by atoms with E-state index in [4.69, 9.17) is 4.74 Å². The summed E-state index contributed by atoms with van der Waals surface area (Å²) in [5.41, 5.74) is 1.48. The van der Waals surface area contributed by atoms with Gasteiger partial charge in [0.15, 0.2) is 5.54 Å². The minimum atomic E-state index is -0.430. The van der Waals surface area contributed by atoms with Crippen molar-refractivity contribution in [3.8, 4) is 0 Å². The number of para-hydroxylation sites is 1. The van der Waals surface area contributed by atoms with Crippen molar-refractivity contribution in [1.29, 1.82) is 0 Å². The zero-order valence-electron chi connectivity index (χ0n) is 15.4. The number of ether oxygens (including phenoxy) is 1. The molecule has 0 atom stereocenters. The molecule has 1 aliphatic rings. The highest BCUT2D eigenvalue weighted by atomic mass is 16.5. The van der Waals surface area contributed by atoms with E-state index < -0.39 is 5.97 Å². The highest BCUT2D eigenvalue weighted by Gasteiger charge is 2.64. The minimum absolute atomic E-state index is 0.0208. The van der Waals surface area contributed by atoms with Gasteiger partial charge in [-0.05, 0) is 39.3 Å². The molecule has 1 N–H and O–H groups in total. The number of nitrogens with zero attached hydrogens (tertiary/aromatic N) is 1. The van der Waals surface area contributed by atoms with Crippen LogP contribution in [-0.2, 0) is 9.53 Å². The van der Waals surface area contributed by atoms with E-state index in [1.807, 2.05) is 13.0 Å². The molecule has 0 unspecified atom stereocenters. The fraction of sp³-hybridized carbons (Fsp3) is 0.579. The summed E-state index contributed by atoms with van der Waals surface area (Å²) in [7, 11) is 1.35. The number of methoxy groups -OCH3 is 1. The Bertz CT molecular complexity index is 623. The minimum Gasteiger partial charge on any atom is -0.465 e. The van der Waals surface area contributed by atoms with Gasteiger partial charge in [-0.1, -0.05) is 12.1 Å². The summed E-state index contributed by atoms with van der Waals surface area (Å²) in [6.07, 6.45) is 1.79. The Morgan fingerprint density at radius 3 is 2.21 bits per heavy atom. The van der Waals surface area contributed by atoms with E-state index in [0.717, 1.165) is 42.5 Å². The average Bonchev–Trinajstić information content (AvgIpc) is 3.40. The maximum absolute atomic E-state index is 13.2. The molecule has 2 rings (SSSR count). The molecule has 1 aromatic carbocycles. The number of hydrogen-bond donors (Lipinski definition) is 1. The molecule has 1 saturated carbocycles. The molecule has 1 amide bonds. The van der Waals surface area contributed by atoms with Crippen LogP contribution in [0.25, 0.3) is 0 Å². The number of amides is 1. The van der Waals surface area contributed by atoms with Gasteiger partial charge in [-0.3, -0.25) is 4.79 Å². The number of anilines is 1. The normalized spacial score (nSPS) is 15.7. The number of hydrogen-bond acceptors (Lipinski definition) is 3. The topological polar surface area (TPSA) is 55.4 Å². The van der Waals surface area contributed by atoms with Gasteiger partial charge in [-0.25, -0.2) is 4.79 Å². The van der Waals surface area contributed by atoms with E-state index in [1.165, 1.54) is 7.11 Å².